The molecule has 1 aliphatic rings. The number of halogens is 1. The number of carboxylic acid groups (broad SMARTS) is 1. The van der Waals surface area contributed by atoms with Crippen molar-refractivity contribution >= 4 is 40.3 Å². The van der Waals surface area contributed by atoms with Gasteiger partial charge in [-0.2, -0.15) is 0 Å². The summed E-state index contributed by atoms with van der Waals surface area (Å²) in [4.78, 5) is 36.1. The van der Waals surface area contributed by atoms with Crippen molar-refractivity contribution < 1.29 is 33.3 Å². The molecule has 0 saturated carbocycles. The molecule has 32 heavy (non-hydrogen) atoms. The molecule has 0 aliphatic carbocycles. The lowest BCUT2D eigenvalue weighted by Crippen LogP contribution is -2.44. The lowest BCUT2D eigenvalue weighted by atomic mass is 10.0. The minimum atomic E-state index is -3.46. The first-order chi connectivity index (χ1) is 14.4. The van der Waals surface area contributed by atoms with E-state index in [1.165, 1.54) is 6.07 Å². The molecule has 1 saturated heterocycles. The smallest absolute Gasteiger partial charge is 0.408 e. The highest BCUT2D eigenvalue weighted by Crippen LogP contribution is 2.66. The summed E-state index contributed by atoms with van der Waals surface area (Å²) in [5.41, 5.74) is -0.654. The molecule has 2 amide bonds. The molecule has 1 aromatic rings. The first-order valence-corrected chi connectivity index (χ1v) is 12.0. The Bertz CT molecular complexity index is 908. The number of benzene rings is 1. The second-order valence-corrected chi connectivity index (χ2v) is 12.2. The van der Waals surface area contributed by atoms with Crippen LogP contribution in [0.25, 0.3) is 0 Å². The topological polar surface area (TPSA) is 136 Å². The van der Waals surface area contributed by atoms with Gasteiger partial charge in [-0.3, -0.25) is 13.9 Å². The molecule has 4 N–H and O–H groups in total. The number of nitrogens with one attached hydrogen (secondary N) is 1. The van der Waals surface area contributed by atoms with E-state index in [2.05, 4.69) is 5.32 Å². The maximum Gasteiger partial charge on any atom is 0.408 e. The van der Waals surface area contributed by atoms with Crippen molar-refractivity contribution in [3.63, 3.8) is 0 Å². The van der Waals surface area contributed by atoms with E-state index in [0.29, 0.717) is 11.1 Å². The molecule has 2 rings (SSSR count). The van der Waals surface area contributed by atoms with Gasteiger partial charge in [-0.25, -0.2) is 13.9 Å². The van der Waals surface area contributed by atoms with Crippen LogP contribution in [0.1, 0.15) is 64.3 Å². The van der Waals surface area contributed by atoms with Crippen molar-refractivity contribution in [1.82, 2.24) is 9.62 Å². The Balaban J connectivity index is 2.23. The SMILES string of the molecule is CC(C)(C)OC(=O)N[C@@H](Cc1ccc(C2CC(=O)N(C(C)(C)C)S2(O)O)c(Cl)c1)C(=O)O. The number of alkyl carbamates (subject to hydrolysis) is 1. The van der Waals surface area contributed by atoms with Gasteiger partial charge in [0.05, 0.1) is 12.0 Å². The van der Waals surface area contributed by atoms with E-state index in [9.17, 15) is 28.6 Å². The number of amides is 2. The van der Waals surface area contributed by atoms with Crippen LogP contribution in [0.5, 0.6) is 0 Å². The number of nitrogens with zero attached hydrogens (tertiary/aromatic N) is 1. The Morgan fingerprint density at radius 3 is 2.28 bits per heavy atom. The zero-order chi connectivity index (χ0) is 24.6. The molecule has 1 aromatic carbocycles. The van der Waals surface area contributed by atoms with E-state index >= 15 is 0 Å². The maximum atomic E-state index is 12.5. The minimum absolute atomic E-state index is 0.0669. The molecule has 9 nitrogen and oxygen atoms in total. The van der Waals surface area contributed by atoms with Gasteiger partial charge in [0.15, 0.2) is 0 Å². The van der Waals surface area contributed by atoms with Gasteiger partial charge in [0.1, 0.15) is 16.9 Å². The summed E-state index contributed by atoms with van der Waals surface area (Å²) < 4.78 is 27.9. The Morgan fingerprint density at radius 1 is 1.25 bits per heavy atom. The average molecular weight is 491 g/mol. The van der Waals surface area contributed by atoms with Crippen LogP contribution < -0.4 is 5.32 Å². The van der Waals surface area contributed by atoms with Crippen LogP contribution in [0.2, 0.25) is 5.02 Å². The van der Waals surface area contributed by atoms with E-state index < -0.39 is 45.3 Å². The molecule has 180 valence electrons. The van der Waals surface area contributed by atoms with Gasteiger partial charge in [0, 0.05) is 11.4 Å². The van der Waals surface area contributed by atoms with Gasteiger partial charge in [0.25, 0.3) is 0 Å². The molecule has 11 heteroatoms. The van der Waals surface area contributed by atoms with Crippen molar-refractivity contribution in [2.45, 2.75) is 76.8 Å². The molecule has 0 bridgehead atoms. The fourth-order valence-corrected chi connectivity index (χ4v) is 6.28. The summed E-state index contributed by atoms with van der Waals surface area (Å²) in [6.07, 6.45) is -1.02. The zero-order valence-corrected chi connectivity index (χ0v) is 20.6. The van der Waals surface area contributed by atoms with Crippen LogP contribution in [0.3, 0.4) is 0 Å². The van der Waals surface area contributed by atoms with Gasteiger partial charge < -0.3 is 15.2 Å². The van der Waals surface area contributed by atoms with Crippen molar-refractivity contribution in [3.05, 3.63) is 34.3 Å². The van der Waals surface area contributed by atoms with E-state index in [1.807, 2.05) is 0 Å². The summed E-state index contributed by atoms with van der Waals surface area (Å²) in [6.45, 7) is 10.2. The molecule has 0 radical (unpaired) electrons. The van der Waals surface area contributed by atoms with Crippen molar-refractivity contribution in [2.24, 2.45) is 0 Å². The van der Waals surface area contributed by atoms with Crippen LogP contribution >= 0.6 is 22.4 Å². The molecule has 2 atom stereocenters. The van der Waals surface area contributed by atoms with Crippen LogP contribution in [-0.4, -0.2) is 53.7 Å². The van der Waals surface area contributed by atoms with Gasteiger partial charge in [-0.1, -0.05) is 23.7 Å². The summed E-state index contributed by atoms with van der Waals surface area (Å²) >= 11 is 6.40. The van der Waals surface area contributed by atoms with Gasteiger partial charge in [-0.15, -0.1) is 10.8 Å². The first-order valence-electron chi connectivity index (χ1n) is 10.0. The minimum Gasteiger partial charge on any atom is -0.480 e. The van der Waals surface area contributed by atoms with Gasteiger partial charge in [-0.05, 0) is 58.7 Å². The molecule has 0 spiro atoms. The summed E-state index contributed by atoms with van der Waals surface area (Å²) in [5, 5.41) is 11.1. The summed E-state index contributed by atoms with van der Waals surface area (Å²) in [6, 6.07) is 3.40. The number of aliphatic carboxylic acids is 1. The lowest BCUT2D eigenvalue weighted by Gasteiger charge is -2.47. The Kier molecular flexibility index (Phi) is 7.45. The molecular formula is C21H31ClN2O7S. The number of hydrogen-bond donors (Lipinski definition) is 4. The number of carboxylic acids is 1. The third kappa shape index (κ3) is 6.06. The zero-order valence-electron chi connectivity index (χ0n) is 19.0. The molecule has 0 aromatic heterocycles. The van der Waals surface area contributed by atoms with Crippen LogP contribution in [-0.2, 0) is 20.7 Å². The normalized spacial score (nSPS) is 20.6. The lowest BCUT2D eigenvalue weighted by molar-refractivity contribution is -0.139. The highest BCUT2D eigenvalue weighted by molar-refractivity contribution is 8.23. The van der Waals surface area contributed by atoms with Crippen LogP contribution in [0.4, 0.5) is 4.79 Å². The second-order valence-electron chi connectivity index (χ2n) is 9.71. The fraction of sp³-hybridized carbons (Fsp3) is 0.571. The predicted molar refractivity (Wildman–Crippen MR) is 123 cm³/mol. The highest BCUT2D eigenvalue weighted by atomic mass is 35.5. The number of hydrogen-bond acceptors (Lipinski definition) is 6. The number of carbonyl (C=O) groups excluding carboxylic acids is 2. The van der Waals surface area contributed by atoms with Crippen molar-refractivity contribution in [1.29, 1.82) is 0 Å². The van der Waals surface area contributed by atoms with Crippen molar-refractivity contribution in [2.75, 3.05) is 0 Å². The van der Waals surface area contributed by atoms with Gasteiger partial charge in [0.2, 0.25) is 5.91 Å². The Hall–Kier alpha value is -2.01. The third-order valence-corrected chi connectivity index (χ3v) is 7.49. The number of carbonyl (C=O) groups is 3. The fourth-order valence-electron chi connectivity index (χ4n) is 3.53. The standard InChI is InChI=1S/C21H31ClN2O7S/c1-20(2,3)24-17(25)11-16(32(24,29)30)13-8-7-12(9-14(13)22)10-15(18(26)27)23-19(28)31-21(4,5)6/h7-9,15-16,29-30H,10-11H2,1-6H3,(H,23,28)(H,26,27)/t15-,16?/m0/s1. The molecule has 1 unspecified atom stereocenters. The van der Waals surface area contributed by atoms with E-state index in [4.69, 9.17) is 16.3 Å². The van der Waals surface area contributed by atoms with Crippen LogP contribution in [0.15, 0.2) is 18.2 Å². The van der Waals surface area contributed by atoms with Crippen LogP contribution in [0, 0.1) is 0 Å². The van der Waals surface area contributed by atoms with E-state index in [-0.39, 0.29) is 23.8 Å². The average Bonchev–Trinajstić information content (AvgIpc) is 2.81. The Morgan fingerprint density at radius 2 is 1.84 bits per heavy atom. The second kappa shape index (κ2) is 9.09. The predicted octanol–water partition coefficient (Wildman–Crippen LogP) is 4.60. The summed E-state index contributed by atoms with van der Waals surface area (Å²) in [5.74, 6) is -1.62. The first kappa shape index (κ1) is 26.2. The quantitative estimate of drug-likeness (QED) is 0.473. The van der Waals surface area contributed by atoms with E-state index in [1.54, 1.807) is 53.7 Å². The third-order valence-electron chi connectivity index (χ3n) is 4.69. The highest BCUT2D eigenvalue weighted by Gasteiger charge is 2.50. The largest absolute Gasteiger partial charge is 0.480 e. The molecule has 1 fully saturated rings. The Labute approximate surface area is 194 Å². The van der Waals surface area contributed by atoms with Crippen molar-refractivity contribution in [3.8, 4) is 0 Å². The maximum absolute atomic E-state index is 12.5. The molecule has 1 aliphatic heterocycles. The summed E-state index contributed by atoms with van der Waals surface area (Å²) in [7, 11) is -3.46. The monoisotopic (exact) mass is 490 g/mol. The molecular weight excluding hydrogens is 460 g/mol. The van der Waals surface area contributed by atoms with Gasteiger partial charge >= 0.3 is 12.1 Å². The van der Waals surface area contributed by atoms with E-state index in [0.717, 1.165) is 4.31 Å². The number of rotatable bonds is 5. The number of ether oxygens (including phenoxy) is 1. The molecule has 1 heterocycles.